The van der Waals surface area contributed by atoms with E-state index < -0.39 is 0 Å². The van der Waals surface area contributed by atoms with E-state index in [1.165, 1.54) is 122 Å². The number of fused-ring (bicyclic) bond motifs is 5. The molecule has 5 rings (SSSR count). The molecule has 1 aromatic rings. The Morgan fingerprint density at radius 2 is 1.60 bits per heavy atom. The predicted octanol–water partition coefficient (Wildman–Crippen LogP) is 13.1. The first-order valence-electron chi connectivity index (χ1n) is 19.0. The minimum absolute atomic E-state index is 0.469. The summed E-state index contributed by atoms with van der Waals surface area (Å²) in [6.45, 7) is 15.2. The van der Waals surface area contributed by atoms with E-state index in [4.69, 9.17) is 0 Å². The van der Waals surface area contributed by atoms with Crippen molar-refractivity contribution in [1.82, 2.24) is 0 Å². The average molecular weight is 573 g/mol. The van der Waals surface area contributed by atoms with Gasteiger partial charge in [-0.15, -0.1) is 0 Å². The summed E-state index contributed by atoms with van der Waals surface area (Å²) in [5.74, 6) is 6.35. The van der Waals surface area contributed by atoms with Gasteiger partial charge in [0.25, 0.3) is 0 Å². The molecular formula is C42H68. The zero-order valence-electron chi connectivity index (χ0n) is 28.9. The minimum Gasteiger partial charge on any atom is -0.0845 e. The standard InChI is InChI=1S/C42H68/c1-7-8-9-10-11-12-13-18-33-19-15-20-34(29-33)35-25-27-41(5)36(30-35)21-22-37-39-24-23-38(32(4)17-14-16-31(2)3)42(39,6)28-26-40(37)41/h15,19-21,29,31-32,35,37-40H,7-14,16-18,22-28,30H2,1-6H3/t32-,35?,37?,38-,39?,40?,41+,42-/m1/s1. The molecule has 0 nitrogen and oxygen atoms in total. The summed E-state index contributed by atoms with van der Waals surface area (Å²) in [6.07, 6.45) is 29.8. The molecule has 236 valence electrons. The van der Waals surface area contributed by atoms with Gasteiger partial charge in [0.1, 0.15) is 0 Å². The number of rotatable bonds is 14. The van der Waals surface area contributed by atoms with E-state index in [0.717, 1.165) is 41.4 Å². The molecule has 0 N–H and O–H groups in total. The second-order valence-electron chi connectivity index (χ2n) is 16.8. The molecule has 4 aliphatic carbocycles. The van der Waals surface area contributed by atoms with Crippen LogP contribution in [0.15, 0.2) is 35.9 Å². The zero-order chi connectivity index (χ0) is 29.7. The molecule has 0 spiro atoms. The fraction of sp³-hybridized carbons (Fsp3) is 0.810. The first-order chi connectivity index (χ1) is 20.3. The Labute approximate surface area is 262 Å². The minimum atomic E-state index is 0.469. The molecule has 0 saturated heterocycles. The van der Waals surface area contributed by atoms with Crippen LogP contribution < -0.4 is 0 Å². The van der Waals surface area contributed by atoms with Crippen LogP contribution in [0.25, 0.3) is 0 Å². The van der Waals surface area contributed by atoms with Crippen molar-refractivity contribution in [3.8, 4) is 0 Å². The predicted molar refractivity (Wildman–Crippen MR) is 184 cm³/mol. The number of aryl methyl sites for hydroxylation is 1. The van der Waals surface area contributed by atoms with E-state index in [9.17, 15) is 0 Å². The van der Waals surface area contributed by atoms with Crippen LogP contribution in [0, 0.1) is 46.3 Å². The van der Waals surface area contributed by atoms with Crippen LogP contribution in [-0.4, -0.2) is 0 Å². The van der Waals surface area contributed by atoms with E-state index >= 15 is 0 Å². The maximum atomic E-state index is 2.81. The summed E-state index contributed by atoms with van der Waals surface area (Å²) in [5.41, 5.74) is 6.16. The van der Waals surface area contributed by atoms with E-state index in [1.54, 1.807) is 11.1 Å². The number of unbranched alkanes of at least 4 members (excludes halogenated alkanes) is 6. The molecule has 4 aliphatic rings. The largest absolute Gasteiger partial charge is 0.0845 e. The SMILES string of the molecule is CCCCCCCCCc1cccc(C2CC[C@@]3(C)C(=CCC4C3CC[C@@]3(C)C4CC[C@@H]3[C@H](C)CCCC(C)C)C2)c1. The van der Waals surface area contributed by atoms with Crippen LogP contribution in [0.4, 0.5) is 0 Å². The van der Waals surface area contributed by atoms with E-state index in [0.29, 0.717) is 10.8 Å². The van der Waals surface area contributed by atoms with Crippen molar-refractivity contribution in [1.29, 1.82) is 0 Å². The van der Waals surface area contributed by atoms with Gasteiger partial charge in [-0.25, -0.2) is 0 Å². The lowest BCUT2D eigenvalue weighted by atomic mass is 9.46. The number of benzene rings is 1. The molecule has 4 unspecified atom stereocenters. The summed E-state index contributed by atoms with van der Waals surface area (Å²) in [5, 5.41) is 0. The summed E-state index contributed by atoms with van der Waals surface area (Å²) in [6, 6.07) is 9.83. The highest BCUT2D eigenvalue weighted by Crippen LogP contribution is 2.68. The molecule has 0 aromatic heterocycles. The van der Waals surface area contributed by atoms with Crippen LogP contribution in [-0.2, 0) is 6.42 Å². The van der Waals surface area contributed by atoms with Gasteiger partial charge in [-0.2, -0.15) is 0 Å². The summed E-state index contributed by atoms with van der Waals surface area (Å²) >= 11 is 0. The molecule has 0 aliphatic heterocycles. The van der Waals surface area contributed by atoms with Crippen LogP contribution in [0.5, 0.6) is 0 Å². The van der Waals surface area contributed by atoms with Gasteiger partial charge in [0, 0.05) is 0 Å². The van der Waals surface area contributed by atoms with Gasteiger partial charge in [-0.1, -0.05) is 135 Å². The van der Waals surface area contributed by atoms with Crippen molar-refractivity contribution in [3.63, 3.8) is 0 Å². The van der Waals surface area contributed by atoms with Crippen molar-refractivity contribution in [2.45, 2.75) is 169 Å². The molecule has 3 saturated carbocycles. The molecule has 0 radical (unpaired) electrons. The molecule has 0 bridgehead atoms. The molecule has 3 fully saturated rings. The Hall–Kier alpha value is -1.04. The van der Waals surface area contributed by atoms with Crippen molar-refractivity contribution in [2.24, 2.45) is 46.3 Å². The molecule has 1 aromatic carbocycles. The Morgan fingerprint density at radius 1 is 0.810 bits per heavy atom. The monoisotopic (exact) mass is 573 g/mol. The molecule has 42 heavy (non-hydrogen) atoms. The molecule has 0 heterocycles. The third-order valence-corrected chi connectivity index (χ3v) is 13.8. The van der Waals surface area contributed by atoms with Crippen molar-refractivity contribution < 1.29 is 0 Å². The lowest BCUT2D eigenvalue weighted by Gasteiger charge is -2.58. The number of hydrogen-bond donors (Lipinski definition) is 0. The Morgan fingerprint density at radius 3 is 2.38 bits per heavy atom. The van der Waals surface area contributed by atoms with Gasteiger partial charge in [0.05, 0.1) is 0 Å². The quantitative estimate of drug-likeness (QED) is 0.154. The fourth-order valence-electron chi connectivity index (χ4n) is 11.3. The highest BCUT2D eigenvalue weighted by molar-refractivity contribution is 5.33. The van der Waals surface area contributed by atoms with Gasteiger partial charge < -0.3 is 0 Å². The smallest absolute Gasteiger partial charge is 0.00848 e. The summed E-state index contributed by atoms with van der Waals surface area (Å²) in [7, 11) is 0. The Kier molecular flexibility index (Phi) is 11.1. The maximum absolute atomic E-state index is 2.81. The normalized spacial score (nSPS) is 34.9. The maximum Gasteiger partial charge on any atom is -0.00848 e. The van der Waals surface area contributed by atoms with Crippen LogP contribution >= 0.6 is 0 Å². The van der Waals surface area contributed by atoms with E-state index in [2.05, 4.69) is 71.9 Å². The van der Waals surface area contributed by atoms with Gasteiger partial charge >= 0.3 is 0 Å². The number of allylic oxidation sites excluding steroid dienone is 2. The van der Waals surface area contributed by atoms with Gasteiger partial charge in [-0.3, -0.25) is 0 Å². The fourth-order valence-corrected chi connectivity index (χ4v) is 11.3. The number of hydrogen-bond acceptors (Lipinski definition) is 0. The van der Waals surface area contributed by atoms with Crippen LogP contribution in [0.1, 0.15) is 174 Å². The second-order valence-corrected chi connectivity index (χ2v) is 16.8. The highest BCUT2D eigenvalue weighted by Gasteiger charge is 2.59. The van der Waals surface area contributed by atoms with Crippen LogP contribution in [0.3, 0.4) is 0 Å². The van der Waals surface area contributed by atoms with Gasteiger partial charge in [-0.05, 0) is 128 Å². The second kappa shape index (κ2) is 14.4. The lowest BCUT2D eigenvalue weighted by molar-refractivity contribution is -0.0510. The molecule has 0 heteroatoms. The van der Waals surface area contributed by atoms with E-state index in [1.807, 2.05) is 5.57 Å². The van der Waals surface area contributed by atoms with Gasteiger partial charge in [0.15, 0.2) is 0 Å². The third-order valence-electron chi connectivity index (χ3n) is 13.8. The van der Waals surface area contributed by atoms with Crippen molar-refractivity contribution in [2.75, 3.05) is 0 Å². The van der Waals surface area contributed by atoms with E-state index in [-0.39, 0.29) is 0 Å². The zero-order valence-corrected chi connectivity index (χ0v) is 28.9. The highest BCUT2D eigenvalue weighted by atomic mass is 14.6. The van der Waals surface area contributed by atoms with Crippen LogP contribution in [0.2, 0.25) is 0 Å². The lowest BCUT2D eigenvalue weighted by Crippen LogP contribution is -2.50. The summed E-state index contributed by atoms with van der Waals surface area (Å²) in [4.78, 5) is 0. The summed E-state index contributed by atoms with van der Waals surface area (Å²) < 4.78 is 0. The third kappa shape index (κ3) is 6.94. The first kappa shape index (κ1) is 32.4. The van der Waals surface area contributed by atoms with Crippen molar-refractivity contribution in [3.05, 3.63) is 47.0 Å². The average Bonchev–Trinajstić information content (AvgIpc) is 3.33. The Balaban J connectivity index is 1.19. The molecule has 8 atom stereocenters. The Bertz CT molecular complexity index is 1010. The van der Waals surface area contributed by atoms with Gasteiger partial charge in [0.2, 0.25) is 0 Å². The van der Waals surface area contributed by atoms with Crippen molar-refractivity contribution >= 4 is 0 Å². The molecular weight excluding hydrogens is 504 g/mol. The first-order valence-corrected chi connectivity index (χ1v) is 19.0. The molecule has 0 amide bonds. The topological polar surface area (TPSA) is 0 Å².